The molecule has 15 heavy (non-hydrogen) atoms. The van der Waals surface area contributed by atoms with E-state index in [2.05, 4.69) is 12.2 Å². The van der Waals surface area contributed by atoms with E-state index in [0.717, 1.165) is 12.5 Å². The summed E-state index contributed by atoms with van der Waals surface area (Å²) in [5.41, 5.74) is 0. The lowest BCUT2D eigenvalue weighted by Crippen LogP contribution is -2.33. The fourth-order valence-corrected chi connectivity index (χ4v) is 2.04. The Kier molecular flexibility index (Phi) is 5.69. The molecule has 0 aliphatic heterocycles. The Bertz CT molecular complexity index is 186. The molecule has 0 saturated heterocycles. The minimum absolute atomic E-state index is 0.0236. The monoisotopic (exact) mass is 213 g/mol. The summed E-state index contributed by atoms with van der Waals surface area (Å²) in [6, 6.07) is 0. The van der Waals surface area contributed by atoms with Crippen LogP contribution in [0.5, 0.6) is 0 Å². The van der Waals surface area contributed by atoms with E-state index in [1.165, 1.54) is 25.7 Å². The number of nitrogens with one attached hydrogen (secondary N) is 1. The minimum atomic E-state index is 0.0236. The molecule has 1 fully saturated rings. The number of hydrogen-bond donors (Lipinski definition) is 1. The number of carbonyl (C=O) groups is 1. The second-order valence-electron chi connectivity index (χ2n) is 4.57. The topological polar surface area (TPSA) is 38.3 Å². The van der Waals surface area contributed by atoms with Crippen LogP contribution in [0, 0.1) is 11.8 Å². The predicted octanol–water partition coefficient (Wildman–Crippen LogP) is 1.97. The SMILES string of the molecule is CCOCC(=O)NCC1CCC(C)CC1. The van der Waals surface area contributed by atoms with Gasteiger partial charge in [-0.15, -0.1) is 0 Å². The van der Waals surface area contributed by atoms with Crippen LogP contribution in [0.4, 0.5) is 0 Å². The highest BCUT2D eigenvalue weighted by Gasteiger charge is 2.18. The number of ether oxygens (including phenoxy) is 1. The van der Waals surface area contributed by atoms with E-state index in [4.69, 9.17) is 4.74 Å². The molecule has 0 aromatic rings. The van der Waals surface area contributed by atoms with Gasteiger partial charge in [0, 0.05) is 13.2 Å². The Morgan fingerprint density at radius 1 is 1.33 bits per heavy atom. The normalized spacial score (nSPS) is 26.3. The average Bonchev–Trinajstić information content (AvgIpc) is 2.25. The van der Waals surface area contributed by atoms with Crippen molar-refractivity contribution >= 4 is 5.91 Å². The molecule has 1 amide bonds. The molecule has 0 aromatic heterocycles. The van der Waals surface area contributed by atoms with Crippen molar-refractivity contribution in [3.05, 3.63) is 0 Å². The molecule has 0 heterocycles. The van der Waals surface area contributed by atoms with Gasteiger partial charge >= 0.3 is 0 Å². The molecular formula is C12H23NO2. The number of hydrogen-bond acceptors (Lipinski definition) is 2. The van der Waals surface area contributed by atoms with Crippen LogP contribution < -0.4 is 5.32 Å². The van der Waals surface area contributed by atoms with E-state index in [1.807, 2.05) is 6.92 Å². The molecule has 1 aliphatic carbocycles. The number of amides is 1. The van der Waals surface area contributed by atoms with Gasteiger partial charge in [0.2, 0.25) is 5.91 Å². The van der Waals surface area contributed by atoms with Crippen LogP contribution in [0.3, 0.4) is 0 Å². The van der Waals surface area contributed by atoms with E-state index >= 15 is 0 Å². The largest absolute Gasteiger partial charge is 0.372 e. The molecule has 0 atom stereocenters. The first-order chi connectivity index (χ1) is 7.22. The van der Waals surface area contributed by atoms with Gasteiger partial charge in [-0.25, -0.2) is 0 Å². The van der Waals surface area contributed by atoms with Crippen LogP contribution in [-0.2, 0) is 9.53 Å². The van der Waals surface area contributed by atoms with Gasteiger partial charge in [-0.05, 0) is 31.6 Å². The van der Waals surface area contributed by atoms with E-state index in [-0.39, 0.29) is 12.5 Å². The summed E-state index contributed by atoms with van der Waals surface area (Å²) in [6.07, 6.45) is 5.14. The molecule has 0 bridgehead atoms. The third-order valence-corrected chi connectivity index (χ3v) is 3.16. The van der Waals surface area contributed by atoms with Crippen molar-refractivity contribution in [2.24, 2.45) is 11.8 Å². The third-order valence-electron chi connectivity index (χ3n) is 3.16. The van der Waals surface area contributed by atoms with Crippen LogP contribution in [-0.4, -0.2) is 25.7 Å². The molecule has 88 valence electrons. The van der Waals surface area contributed by atoms with E-state index in [1.54, 1.807) is 0 Å². The summed E-state index contributed by atoms with van der Waals surface area (Å²) in [5.74, 6) is 1.59. The van der Waals surface area contributed by atoms with E-state index in [9.17, 15) is 4.79 Å². The Balaban J connectivity index is 2.06. The Hall–Kier alpha value is -0.570. The smallest absolute Gasteiger partial charge is 0.246 e. The quantitative estimate of drug-likeness (QED) is 0.758. The molecule has 0 spiro atoms. The van der Waals surface area contributed by atoms with Crippen molar-refractivity contribution < 1.29 is 9.53 Å². The highest BCUT2D eigenvalue weighted by molar-refractivity contribution is 5.77. The summed E-state index contributed by atoms with van der Waals surface area (Å²) >= 11 is 0. The standard InChI is InChI=1S/C12H23NO2/c1-3-15-9-12(14)13-8-11-6-4-10(2)5-7-11/h10-11H,3-9H2,1-2H3,(H,13,14). The fraction of sp³-hybridized carbons (Fsp3) is 0.917. The third kappa shape index (κ3) is 5.17. The minimum Gasteiger partial charge on any atom is -0.372 e. The molecule has 1 saturated carbocycles. The van der Waals surface area contributed by atoms with Gasteiger partial charge in [-0.1, -0.05) is 19.8 Å². The fourth-order valence-electron chi connectivity index (χ4n) is 2.04. The summed E-state index contributed by atoms with van der Waals surface area (Å²) in [7, 11) is 0. The molecule has 3 nitrogen and oxygen atoms in total. The van der Waals surface area contributed by atoms with Gasteiger partial charge in [-0.2, -0.15) is 0 Å². The zero-order valence-electron chi connectivity index (χ0n) is 9.92. The van der Waals surface area contributed by atoms with Gasteiger partial charge in [0.25, 0.3) is 0 Å². The van der Waals surface area contributed by atoms with Crippen LogP contribution in [0.2, 0.25) is 0 Å². The molecule has 3 heteroatoms. The van der Waals surface area contributed by atoms with Crippen molar-refractivity contribution in [3.8, 4) is 0 Å². The maximum absolute atomic E-state index is 11.3. The zero-order chi connectivity index (χ0) is 11.1. The van der Waals surface area contributed by atoms with Crippen molar-refractivity contribution in [2.75, 3.05) is 19.8 Å². The van der Waals surface area contributed by atoms with Gasteiger partial charge < -0.3 is 10.1 Å². The lowest BCUT2D eigenvalue weighted by Gasteiger charge is -2.26. The lowest BCUT2D eigenvalue weighted by atomic mass is 9.83. The Morgan fingerprint density at radius 3 is 2.60 bits per heavy atom. The molecule has 0 aromatic carbocycles. The molecular weight excluding hydrogens is 190 g/mol. The van der Waals surface area contributed by atoms with E-state index in [0.29, 0.717) is 12.5 Å². The van der Waals surface area contributed by atoms with Crippen molar-refractivity contribution in [3.63, 3.8) is 0 Å². The van der Waals surface area contributed by atoms with E-state index < -0.39 is 0 Å². The predicted molar refractivity (Wildman–Crippen MR) is 60.6 cm³/mol. The van der Waals surface area contributed by atoms with Crippen LogP contribution >= 0.6 is 0 Å². The first kappa shape index (κ1) is 12.5. The highest BCUT2D eigenvalue weighted by Crippen LogP contribution is 2.27. The van der Waals surface area contributed by atoms with Gasteiger partial charge in [0.05, 0.1) is 0 Å². The summed E-state index contributed by atoms with van der Waals surface area (Å²) in [5, 5.41) is 2.94. The van der Waals surface area contributed by atoms with Crippen LogP contribution in [0.1, 0.15) is 39.5 Å². The molecule has 0 unspecified atom stereocenters. The van der Waals surface area contributed by atoms with Gasteiger partial charge in [0.15, 0.2) is 0 Å². The molecule has 0 radical (unpaired) electrons. The second kappa shape index (κ2) is 6.83. The average molecular weight is 213 g/mol. The van der Waals surface area contributed by atoms with Gasteiger partial charge in [0.1, 0.15) is 6.61 Å². The summed E-state index contributed by atoms with van der Waals surface area (Å²) in [6.45, 7) is 5.85. The number of carbonyl (C=O) groups excluding carboxylic acids is 1. The van der Waals surface area contributed by atoms with Crippen LogP contribution in [0.25, 0.3) is 0 Å². The molecule has 1 rings (SSSR count). The van der Waals surface area contributed by atoms with Crippen LogP contribution in [0.15, 0.2) is 0 Å². The summed E-state index contributed by atoms with van der Waals surface area (Å²) < 4.78 is 5.04. The van der Waals surface area contributed by atoms with Crippen molar-refractivity contribution in [1.29, 1.82) is 0 Å². The highest BCUT2D eigenvalue weighted by atomic mass is 16.5. The maximum Gasteiger partial charge on any atom is 0.246 e. The Labute approximate surface area is 92.6 Å². The first-order valence-corrected chi connectivity index (χ1v) is 6.06. The van der Waals surface area contributed by atoms with Gasteiger partial charge in [-0.3, -0.25) is 4.79 Å². The maximum atomic E-state index is 11.3. The van der Waals surface area contributed by atoms with Crippen molar-refractivity contribution in [1.82, 2.24) is 5.32 Å². The number of rotatable bonds is 5. The lowest BCUT2D eigenvalue weighted by molar-refractivity contribution is -0.125. The molecule has 1 N–H and O–H groups in total. The molecule has 1 aliphatic rings. The second-order valence-corrected chi connectivity index (χ2v) is 4.57. The summed E-state index contributed by atoms with van der Waals surface area (Å²) in [4.78, 5) is 11.3. The Morgan fingerprint density at radius 2 is 2.00 bits per heavy atom. The van der Waals surface area contributed by atoms with Crippen molar-refractivity contribution in [2.45, 2.75) is 39.5 Å². The first-order valence-electron chi connectivity index (χ1n) is 6.06. The zero-order valence-corrected chi connectivity index (χ0v) is 9.92.